The highest BCUT2D eigenvalue weighted by molar-refractivity contribution is 7.48. The topological polar surface area (TPSA) is 96.0 Å². The van der Waals surface area contributed by atoms with Crippen LogP contribution in [-0.4, -0.2) is 37.2 Å². The highest BCUT2D eigenvalue weighted by atomic mass is 31.2. The molecule has 0 saturated heterocycles. The van der Waals surface area contributed by atoms with Gasteiger partial charge in [0, 0.05) is 16.7 Å². The fourth-order valence-electron chi connectivity index (χ4n) is 2.65. The first kappa shape index (κ1) is 23.4. The van der Waals surface area contributed by atoms with E-state index in [4.69, 9.17) is 13.6 Å². The van der Waals surface area contributed by atoms with Gasteiger partial charge in [0.15, 0.2) is 17.3 Å². The zero-order valence-corrected chi connectivity index (χ0v) is 18.0. The zero-order chi connectivity index (χ0) is 22.8. The Morgan fingerprint density at radius 2 is 0.750 bits per heavy atom. The van der Waals surface area contributed by atoms with Gasteiger partial charge in [0.25, 0.3) is 0 Å². The average Bonchev–Trinajstić information content (AvgIpc) is 2.86. The van der Waals surface area contributed by atoms with E-state index in [1.54, 1.807) is 91.0 Å². The number of hydrogen-bond acceptors (Lipinski definition) is 7. The maximum Gasteiger partial charge on any atom is 0.476 e. The average molecular weight is 452 g/mol. The van der Waals surface area contributed by atoms with Crippen LogP contribution in [0.1, 0.15) is 31.1 Å². The minimum Gasteiger partial charge on any atom is -0.292 e. The number of carbonyl (C=O) groups is 3. The number of rotatable bonds is 12. The van der Waals surface area contributed by atoms with Gasteiger partial charge in [0.1, 0.15) is 19.8 Å². The molecule has 0 aliphatic heterocycles. The lowest BCUT2D eigenvalue weighted by atomic mass is 10.1. The summed E-state index contributed by atoms with van der Waals surface area (Å²) in [5.41, 5.74) is 1.04. The number of ketones is 3. The Labute approximate surface area is 185 Å². The Morgan fingerprint density at radius 3 is 1.00 bits per heavy atom. The van der Waals surface area contributed by atoms with E-state index in [0.29, 0.717) is 16.7 Å². The molecule has 0 spiro atoms. The molecule has 0 bridgehead atoms. The summed E-state index contributed by atoms with van der Waals surface area (Å²) in [5.74, 6) is -1.37. The Hall–Kier alpha value is -3.22. The van der Waals surface area contributed by atoms with Crippen molar-refractivity contribution in [1.29, 1.82) is 0 Å². The monoisotopic (exact) mass is 452 g/mol. The second-order valence-electron chi connectivity index (χ2n) is 6.64. The maximum absolute atomic E-state index is 13.1. The molecule has 0 aromatic heterocycles. The molecule has 0 radical (unpaired) electrons. The Morgan fingerprint density at radius 1 is 0.500 bits per heavy atom. The largest absolute Gasteiger partial charge is 0.476 e. The Balaban J connectivity index is 1.67. The molecule has 164 valence electrons. The minimum atomic E-state index is -4.40. The van der Waals surface area contributed by atoms with E-state index < -0.39 is 45.0 Å². The molecular formula is C24H21O7P. The number of hydrogen-bond donors (Lipinski definition) is 0. The second-order valence-corrected chi connectivity index (χ2v) is 8.30. The third kappa shape index (κ3) is 6.90. The molecule has 7 nitrogen and oxygen atoms in total. The van der Waals surface area contributed by atoms with Crippen LogP contribution in [0.15, 0.2) is 91.0 Å². The van der Waals surface area contributed by atoms with Crippen LogP contribution in [0.3, 0.4) is 0 Å². The lowest BCUT2D eigenvalue weighted by Crippen LogP contribution is -2.16. The van der Waals surface area contributed by atoms with E-state index in [1.807, 2.05) is 0 Å². The number of benzene rings is 3. The predicted octanol–water partition coefficient (Wildman–Crippen LogP) is 4.79. The molecule has 3 rings (SSSR count). The molecule has 3 aromatic rings. The van der Waals surface area contributed by atoms with Gasteiger partial charge >= 0.3 is 7.82 Å². The second kappa shape index (κ2) is 11.4. The van der Waals surface area contributed by atoms with Crippen LogP contribution in [0.4, 0.5) is 0 Å². The van der Waals surface area contributed by atoms with Gasteiger partial charge in [-0.25, -0.2) is 4.57 Å². The number of phosphoric acid groups is 1. The molecule has 0 aliphatic carbocycles. The lowest BCUT2D eigenvalue weighted by Gasteiger charge is -2.17. The minimum absolute atomic E-state index is 0.347. The quantitative estimate of drug-likeness (QED) is 0.288. The van der Waals surface area contributed by atoms with Crippen molar-refractivity contribution in [1.82, 2.24) is 0 Å². The van der Waals surface area contributed by atoms with Gasteiger partial charge in [-0.3, -0.25) is 28.0 Å². The molecular weight excluding hydrogens is 431 g/mol. The highest BCUT2D eigenvalue weighted by Gasteiger charge is 2.30. The van der Waals surface area contributed by atoms with E-state index in [9.17, 15) is 18.9 Å². The number of carbonyl (C=O) groups excluding carboxylic acids is 3. The Kier molecular flexibility index (Phi) is 8.36. The van der Waals surface area contributed by atoms with Gasteiger partial charge in [-0.15, -0.1) is 0 Å². The van der Waals surface area contributed by atoms with Crippen LogP contribution in [0.5, 0.6) is 0 Å². The fraction of sp³-hybridized carbons (Fsp3) is 0.125. The summed E-state index contributed by atoms with van der Waals surface area (Å²) in [6.07, 6.45) is 0. The number of phosphoric ester groups is 1. The Bertz CT molecular complexity index is 958. The van der Waals surface area contributed by atoms with Gasteiger partial charge in [-0.2, -0.15) is 0 Å². The summed E-state index contributed by atoms with van der Waals surface area (Å²) < 4.78 is 28.6. The van der Waals surface area contributed by atoms with Crippen molar-refractivity contribution >= 4 is 25.2 Å². The van der Waals surface area contributed by atoms with E-state index in [1.165, 1.54) is 0 Å². The molecule has 3 aromatic carbocycles. The molecule has 0 N–H and O–H groups in total. The number of Topliss-reactive ketones (excluding diaryl/α,β-unsaturated/α-hetero) is 3. The molecule has 8 heteroatoms. The van der Waals surface area contributed by atoms with E-state index >= 15 is 0 Å². The van der Waals surface area contributed by atoms with Crippen LogP contribution in [0, 0.1) is 0 Å². The summed E-state index contributed by atoms with van der Waals surface area (Å²) in [6.45, 7) is -1.83. The molecule has 0 atom stereocenters. The van der Waals surface area contributed by atoms with Crippen molar-refractivity contribution in [2.45, 2.75) is 0 Å². The first-order chi connectivity index (χ1) is 15.5. The molecule has 0 fully saturated rings. The van der Waals surface area contributed by atoms with Crippen molar-refractivity contribution in [3.05, 3.63) is 108 Å². The smallest absolute Gasteiger partial charge is 0.292 e. The molecule has 0 unspecified atom stereocenters. The first-order valence-corrected chi connectivity index (χ1v) is 11.2. The summed E-state index contributed by atoms with van der Waals surface area (Å²) in [4.78, 5) is 37.0. The van der Waals surface area contributed by atoms with Crippen molar-refractivity contribution in [3.63, 3.8) is 0 Å². The fourth-order valence-corrected chi connectivity index (χ4v) is 3.70. The molecule has 0 aliphatic rings. The van der Waals surface area contributed by atoms with Crippen molar-refractivity contribution in [2.24, 2.45) is 0 Å². The zero-order valence-electron chi connectivity index (χ0n) is 17.1. The molecule has 0 heterocycles. The van der Waals surface area contributed by atoms with Crippen molar-refractivity contribution < 1.29 is 32.5 Å². The summed E-state index contributed by atoms with van der Waals surface area (Å²) in [6, 6.07) is 24.8. The van der Waals surface area contributed by atoms with Crippen LogP contribution in [0.25, 0.3) is 0 Å². The van der Waals surface area contributed by atoms with Crippen molar-refractivity contribution in [2.75, 3.05) is 19.8 Å². The third-order valence-electron chi connectivity index (χ3n) is 4.35. The van der Waals surface area contributed by atoms with Gasteiger partial charge in [-0.05, 0) is 0 Å². The molecule has 0 saturated carbocycles. The lowest BCUT2D eigenvalue weighted by molar-refractivity contribution is 0.0697. The van der Waals surface area contributed by atoms with Crippen LogP contribution < -0.4 is 0 Å². The maximum atomic E-state index is 13.1. The van der Waals surface area contributed by atoms with E-state index in [-0.39, 0.29) is 0 Å². The van der Waals surface area contributed by atoms with Gasteiger partial charge in [-0.1, -0.05) is 91.0 Å². The van der Waals surface area contributed by atoms with Crippen LogP contribution in [-0.2, 0) is 18.1 Å². The molecule has 0 amide bonds. The van der Waals surface area contributed by atoms with Gasteiger partial charge < -0.3 is 0 Å². The SMILES string of the molecule is O=C(COP(=O)(OCC(=O)c1ccccc1)OCC(=O)c1ccccc1)c1ccccc1. The van der Waals surface area contributed by atoms with Crippen molar-refractivity contribution in [3.8, 4) is 0 Å². The van der Waals surface area contributed by atoms with Gasteiger partial charge in [0.2, 0.25) is 0 Å². The van der Waals surface area contributed by atoms with E-state index in [2.05, 4.69) is 0 Å². The standard InChI is InChI=1S/C24H21O7P/c25-22(19-10-4-1-5-11-19)16-29-32(28,30-17-23(26)20-12-6-2-7-13-20)31-18-24(27)21-14-8-3-9-15-21/h1-15H,16-18H2. The molecule has 32 heavy (non-hydrogen) atoms. The van der Waals surface area contributed by atoms with Gasteiger partial charge in [0.05, 0.1) is 0 Å². The third-order valence-corrected chi connectivity index (χ3v) is 5.68. The van der Waals surface area contributed by atoms with E-state index in [0.717, 1.165) is 0 Å². The predicted molar refractivity (Wildman–Crippen MR) is 118 cm³/mol. The summed E-state index contributed by atoms with van der Waals surface area (Å²) >= 11 is 0. The normalized spacial score (nSPS) is 11.1. The highest BCUT2D eigenvalue weighted by Crippen LogP contribution is 2.49. The first-order valence-electron chi connectivity index (χ1n) is 9.75. The summed E-state index contributed by atoms with van der Waals surface area (Å²) in [5, 5.41) is 0. The van der Waals surface area contributed by atoms with Crippen LogP contribution >= 0.6 is 7.82 Å². The summed E-state index contributed by atoms with van der Waals surface area (Å²) in [7, 11) is -4.40. The van der Waals surface area contributed by atoms with Crippen LogP contribution in [0.2, 0.25) is 0 Å².